The number of ether oxygens (including phenoxy) is 1. The normalized spacial score (nSPS) is 20.4. The van der Waals surface area contributed by atoms with Gasteiger partial charge in [-0.1, -0.05) is 0 Å². The average Bonchev–Trinajstić information content (AvgIpc) is 2.86. The van der Waals surface area contributed by atoms with Crippen LogP contribution in [0.1, 0.15) is 11.1 Å². The summed E-state index contributed by atoms with van der Waals surface area (Å²) in [5, 5.41) is 9.71. The van der Waals surface area contributed by atoms with Crippen molar-refractivity contribution in [2.45, 2.75) is 17.3 Å². The molecule has 0 radical (unpaired) electrons. The van der Waals surface area contributed by atoms with E-state index in [-0.39, 0.29) is 20.6 Å². The molecule has 2 aromatic carbocycles. The summed E-state index contributed by atoms with van der Waals surface area (Å²) in [7, 11) is 0. The van der Waals surface area contributed by atoms with Gasteiger partial charge in [0.25, 0.3) is 0 Å². The molecule has 3 rings (SSSR count). The number of hydrogen-bond donors (Lipinski definition) is 0. The first kappa shape index (κ1) is 12.3. The van der Waals surface area contributed by atoms with Gasteiger partial charge >= 0.3 is 119 Å². The van der Waals surface area contributed by atoms with Crippen LogP contribution in [0.25, 0.3) is 0 Å². The van der Waals surface area contributed by atoms with Crippen LogP contribution in [0.15, 0.2) is 54.6 Å². The summed E-state index contributed by atoms with van der Waals surface area (Å²) in [5.41, 5.74) is 2.06. The van der Waals surface area contributed by atoms with Crippen LogP contribution >= 0.6 is 0 Å². The Balaban J connectivity index is 2.00. The molecule has 0 spiro atoms. The fourth-order valence-corrected chi connectivity index (χ4v) is 3.83. The first-order chi connectivity index (χ1) is 9.34. The number of hydrogen-bond acceptors (Lipinski definition) is 2. The Hall–Kier alpha value is -1.75. The van der Waals surface area contributed by atoms with Crippen molar-refractivity contribution < 1.29 is 4.74 Å². The van der Waals surface area contributed by atoms with Crippen LogP contribution in [0.5, 0.6) is 5.75 Å². The third kappa shape index (κ3) is 2.26. The SMILES string of the molecule is N#C[Se]C[C@@]1(c2ccccc2)Cc2ccccc2O1. The van der Waals surface area contributed by atoms with Crippen LogP contribution < -0.4 is 4.74 Å². The minimum atomic E-state index is -0.347. The molecule has 0 amide bonds. The third-order valence-corrected chi connectivity index (χ3v) is 4.98. The van der Waals surface area contributed by atoms with Crippen LogP contribution in [0.3, 0.4) is 0 Å². The molecule has 0 saturated carbocycles. The van der Waals surface area contributed by atoms with E-state index in [2.05, 4.69) is 23.2 Å². The summed E-state index contributed by atoms with van der Waals surface area (Å²) < 4.78 is 6.25. The predicted molar refractivity (Wildman–Crippen MR) is 75.1 cm³/mol. The van der Waals surface area contributed by atoms with Gasteiger partial charge in [-0.05, 0) is 0 Å². The molecule has 94 valence electrons. The summed E-state index contributed by atoms with van der Waals surface area (Å²) in [6.07, 6.45) is 0.858. The maximum absolute atomic E-state index is 8.93. The second-order valence-electron chi connectivity index (χ2n) is 4.63. The molecular weight excluding hydrogens is 301 g/mol. The second kappa shape index (κ2) is 5.09. The molecule has 1 aliphatic rings. The molecule has 19 heavy (non-hydrogen) atoms. The number of nitrogens with zero attached hydrogens (tertiary/aromatic N) is 1. The van der Waals surface area contributed by atoms with Gasteiger partial charge in [-0.25, -0.2) is 0 Å². The van der Waals surface area contributed by atoms with Gasteiger partial charge in [0.2, 0.25) is 0 Å². The van der Waals surface area contributed by atoms with E-state index in [1.807, 2.05) is 36.4 Å². The quantitative estimate of drug-likeness (QED) is 0.816. The van der Waals surface area contributed by atoms with E-state index >= 15 is 0 Å². The Morgan fingerprint density at radius 2 is 1.84 bits per heavy atom. The molecule has 0 fully saturated rings. The Morgan fingerprint density at radius 1 is 1.11 bits per heavy atom. The van der Waals surface area contributed by atoms with Gasteiger partial charge < -0.3 is 0 Å². The van der Waals surface area contributed by atoms with Crippen LogP contribution in [0.2, 0.25) is 5.32 Å². The van der Waals surface area contributed by atoms with Gasteiger partial charge in [0, 0.05) is 0 Å². The van der Waals surface area contributed by atoms with E-state index in [4.69, 9.17) is 10.00 Å². The summed E-state index contributed by atoms with van der Waals surface area (Å²) in [4.78, 5) is 2.30. The second-order valence-corrected chi connectivity index (χ2v) is 6.22. The molecule has 0 unspecified atom stereocenters. The Kier molecular flexibility index (Phi) is 3.29. The van der Waals surface area contributed by atoms with Crippen LogP contribution in [-0.4, -0.2) is 15.0 Å². The van der Waals surface area contributed by atoms with Crippen LogP contribution in [0.4, 0.5) is 0 Å². The zero-order valence-electron chi connectivity index (χ0n) is 10.4. The first-order valence-corrected chi connectivity index (χ1v) is 8.24. The van der Waals surface area contributed by atoms with E-state index in [1.54, 1.807) is 0 Å². The molecule has 1 aliphatic heterocycles. The number of nitriles is 1. The van der Waals surface area contributed by atoms with E-state index in [1.165, 1.54) is 11.1 Å². The topological polar surface area (TPSA) is 33.0 Å². The van der Waals surface area contributed by atoms with E-state index < -0.39 is 0 Å². The predicted octanol–water partition coefficient (Wildman–Crippen LogP) is 3.12. The summed E-state index contributed by atoms with van der Waals surface area (Å²) in [5.74, 6) is 0.958. The number of rotatable bonds is 3. The van der Waals surface area contributed by atoms with E-state index in [0.29, 0.717) is 0 Å². The number of fused-ring (bicyclic) bond motifs is 1. The molecule has 2 aromatic rings. The van der Waals surface area contributed by atoms with Gasteiger partial charge in [0.15, 0.2) is 0 Å². The molecule has 1 atom stereocenters. The molecule has 3 heteroatoms. The number of para-hydroxylation sites is 1. The van der Waals surface area contributed by atoms with Crippen molar-refractivity contribution >= 4 is 15.0 Å². The van der Waals surface area contributed by atoms with Crippen LogP contribution in [0, 0.1) is 10.2 Å². The fourth-order valence-electron chi connectivity index (χ4n) is 2.52. The Morgan fingerprint density at radius 3 is 2.58 bits per heavy atom. The van der Waals surface area contributed by atoms with Gasteiger partial charge in [-0.2, -0.15) is 0 Å². The Bertz CT molecular complexity index is 593. The number of benzene rings is 2. The van der Waals surface area contributed by atoms with Crippen molar-refractivity contribution in [3.63, 3.8) is 0 Å². The minimum absolute atomic E-state index is 0.0577. The van der Waals surface area contributed by atoms with Crippen molar-refractivity contribution in [3.8, 4) is 10.7 Å². The molecule has 0 bridgehead atoms. The standard InChI is InChI=1S/C16H13NOSe/c17-12-19-11-16(14-7-2-1-3-8-14)10-13-6-4-5-9-15(13)18-16/h1-9H,10-11H2/t16-/m1/s1. The first-order valence-electron chi connectivity index (χ1n) is 6.17. The van der Waals surface area contributed by atoms with Gasteiger partial charge in [0.05, 0.1) is 0 Å². The van der Waals surface area contributed by atoms with Crippen LogP contribution in [-0.2, 0) is 12.0 Å². The van der Waals surface area contributed by atoms with Crippen molar-refractivity contribution in [3.05, 3.63) is 65.7 Å². The fraction of sp³-hybridized carbons (Fsp3) is 0.188. The van der Waals surface area contributed by atoms with E-state index in [9.17, 15) is 0 Å². The van der Waals surface area contributed by atoms with Crippen molar-refractivity contribution in [1.82, 2.24) is 0 Å². The summed E-state index contributed by atoms with van der Waals surface area (Å²) in [6, 6.07) is 18.4. The molecular formula is C16H13NOSe. The van der Waals surface area contributed by atoms with Crippen molar-refractivity contribution in [2.24, 2.45) is 0 Å². The van der Waals surface area contributed by atoms with Crippen molar-refractivity contribution in [2.75, 3.05) is 0 Å². The van der Waals surface area contributed by atoms with E-state index in [0.717, 1.165) is 17.5 Å². The maximum atomic E-state index is 8.93. The summed E-state index contributed by atoms with van der Waals surface area (Å²) >= 11 is -0.0577. The van der Waals surface area contributed by atoms with Gasteiger partial charge in [0.1, 0.15) is 0 Å². The van der Waals surface area contributed by atoms with Gasteiger partial charge in [-0.3, -0.25) is 0 Å². The molecule has 0 aliphatic carbocycles. The average molecular weight is 314 g/mol. The molecule has 0 aromatic heterocycles. The zero-order valence-corrected chi connectivity index (χ0v) is 12.1. The molecule has 0 saturated heterocycles. The monoisotopic (exact) mass is 315 g/mol. The summed E-state index contributed by atoms with van der Waals surface area (Å²) in [6.45, 7) is 0. The molecule has 0 N–H and O–H groups in total. The molecule has 1 heterocycles. The zero-order chi connectivity index (χ0) is 13.1. The Labute approximate surface area is 119 Å². The third-order valence-electron chi connectivity index (χ3n) is 3.42. The molecule has 2 nitrogen and oxygen atoms in total. The van der Waals surface area contributed by atoms with Crippen molar-refractivity contribution in [1.29, 1.82) is 5.26 Å². The van der Waals surface area contributed by atoms with Gasteiger partial charge in [-0.15, -0.1) is 0 Å².